The van der Waals surface area contributed by atoms with Crippen LogP contribution >= 0.6 is 11.8 Å². The summed E-state index contributed by atoms with van der Waals surface area (Å²) in [4.78, 5) is 38.2. The molecule has 1 aromatic carbocycles. The lowest BCUT2D eigenvalue weighted by Gasteiger charge is -2.23. The average molecular weight is 334 g/mol. The van der Waals surface area contributed by atoms with E-state index in [2.05, 4.69) is 5.32 Å². The van der Waals surface area contributed by atoms with Gasteiger partial charge in [0.1, 0.15) is 0 Å². The van der Waals surface area contributed by atoms with Crippen molar-refractivity contribution in [2.45, 2.75) is 30.4 Å². The summed E-state index contributed by atoms with van der Waals surface area (Å²) in [6.07, 6.45) is 0.448. The van der Waals surface area contributed by atoms with Gasteiger partial charge in [0, 0.05) is 23.5 Å². The first-order valence-electron chi connectivity index (χ1n) is 7.44. The van der Waals surface area contributed by atoms with Crippen molar-refractivity contribution >= 4 is 35.2 Å². The average Bonchev–Trinajstić information content (AvgIpc) is 2.91. The predicted octanol–water partition coefficient (Wildman–Crippen LogP) is 2.06. The molecule has 0 aliphatic carbocycles. The SMILES string of the molecule is CC1Sc2ccc(C(=O)N3CCC(C)(C(=O)O)C3)cc2NC1=O. The van der Waals surface area contributed by atoms with Gasteiger partial charge in [0.15, 0.2) is 0 Å². The standard InChI is InChI=1S/C16H18N2O4S/c1-9-13(19)17-11-7-10(3-4-12(11)23-9)14(20)18-6-5-16(2,8-18)15(21)22/h3-4,7,9H,5-6,8H2,1-2H3,(H,17,19)(H,21,22). The summed E-state index contributed by atoms with van der Waals surface area (Å²) in [5, 5.41) is 11.9. The van der Waals surface area contributed by atoms with Crippen LogP contribution in [0.4, 0.5) is 5.69 Å². The number of anilines is 1. The summed E-state index contributed by atoms with van der Waals surface area (Å²) in [5.74, 6) is -1.15. The first-order chi connectivity index (χ1) is 10.8. The van der Waals surface area contributed by atoms with Crippen LogP contribution in [0.1, 0.15) is 30.6 Å². The Kier molecular flexibility index (Phi) is 3.83. The largest absolute Gasteiger partial charge is 0.481 e. The van der Waals surface area contributed by atoms with Crippen molar-refractivity contribution in [1.29, 1.82) is 0 Å². The molecule has 0 bridgehead atoms. The summed E-state index contributed by atoms with van der Waals surface area (Å²) >= 11 is 1.46. The molecule has 2 amide bonds. The molecule has 0 spiro atoms. The van der Waals surface area contributed by atoms with Gasteiger partial charge in [-0.15, -0.1) is 11.8 Å². The van der Waals surface area contributed by atoms with Crippen LogP contribution in [-0.4, -0.2) is 46.1 Å². The Bertz CT molecular complexity index is 705. The number of nitrogens with one attached hydrogen (secondary N) is 1. The molecule has 3 rings (SSSR count). The lowest BCUT2D eigenvalue weighted by Crippen LogP contribution is -2.35. The number of fused-ring (bicyclic) bond motifs is 1. The molecular formula is C16H18N2O4S. The van der Waals surface area contributed by atoms with Crippen LogP contribution in [0.25, 0.3) is 0 Å². The van der Waals surface area contributed by atoms with E-state index in [1.807, 2.05) is 13.0 Å². The number of carbonyl (C=O) groups is 3. The van der Waals surface area contributed by atoms with Crippen LogP contribution in [0.15, 0.2) is 23.1 Å². The molecule has 0 saturated carbocycles. The van der Waals surface area contributed by atoms with Crippen LogP contribution in [-0.2, 0) is 9.59 Å². The number of hydrogen-bond donors (Lipinski definition) is 2. The smallest absolute Gasteiger partial charge is 0.311 e. The Labute approximate surface area is 138 Å². The highest BCUT2D eigenvalue weighted by molar-refractivity contribution is 8.00. The fraction of sp³-hybridized carbons (Fsp3) is 0.438. The van der Waals surface area contributed by atoms with Crippen molar-refractivity contribution in [1.82, 2.24) is 4.90 Å². The zero-order chi connectivity index (χ0) is 16.8. The first kappa shape index (κ1) is 15.9. The van der Waals surface area contributed by atoms with E-state index >= 15 is 0 Å². The molecule has 23 heavy (non-hydrogen) atoms. The normalized spacial score (nSPS) is 26.6. The highest BCUT2D eigenvalue weighted by atomic mass is 32.2. The van der Waals surface area contributed by atoms with Crippen molar-refractivity contribution in [2.24, 2.45) is 5.41 Å². The predicted molar refractivity (Wildman–Crippen MR) is 86.7 cm³/mol. The molecule has 7 heteroatoms. The third kappa shape index (κ3) is 2.81. The van der Waals surface area contributed by atoms with Crippen LogP contribution in [0.2, 0.25) is 0 Å². The monoisotopic (exact) mass is 334 g/mol. The minimum Gasteiger partial charge on any atom is -0.481 e. The molecule has 2 heterocycles. The molecule has 2 aliphatic rings. The molecule has 2 aliphatic heterocycles. The second kappa shape index (κ2) is 5.56. The van der Waals surface area contributed by atoms with Gasteiger partial charge in [-0.3, -0.25) is 14.4 Å². The van der Waals surface area contributed by atoms with Crippen molar-refractivity contribution in [2.75, 3.05) is 18.4 Å². The third-order valence-electron chi connectivity index (χ3n) is 4.43. The second-order valence-corrected chi connectivity index (χ2v) is 7.69. The Hall–Kier alpha value is -2.02. The Balaban J connectivity index is 1.81. The van der Waals surface area contributed by atoms with Gasteiger partial charge in [-0.25, -0.2) is 0 Å². The van der Waals surface area contributed by atoms with E-state index in [0.29, 0.717) is 24.2 Å². The highest BCUT2D eigenvalue weighted by Gasteiger charge is 2.42. The van der Waals surface area contributed by atoms with E-state index in [0.717, 1.165) is 4.90 Å². The number of benzene rings is 1. The maximum Gasteiger partial charge on any atom is 0.311 e. The Morgan fingerprint density at radius 1 is 1.43 bits per heavy atom. The van der Waals surface area contributed by atoms with Gasteiger partial charge < -0.3 is 15.3 Å². The molecule has 6 nitrogen and oxygen atoms in total. The first-order valence-corrected chi connectivity index (χ1v) is 8.32. The molecule has 2 unspecified atom stereocenters. The number of aliphatic carboxylic acids is 1. The number of hydrogen-bond acceptors (Lipinski definition) is 4. The van der Waals surface area contributed by atoms with E-state index in [1.54, 1.807) is 24.0 Å². The van der Waals surface area contributed by atoms with Crippen LogP contribution in [0.5, 0.6) is 0 Å². The van der Waals surface area contributed by atoms with Crippen LogP contribution in [0, 0.1) is 5.41 Å². The highest BCUT2D eigenvalue weighted by Crippen LogP contribution is 2.37. The number of nitrogens with zero attached hydrogens (tertiary/aromatic N) is 1. The molecule has 2 N–H and O–H groups in total. The molecule has 2 atom stereocenters. The molecule has 122 valence electrons. The Morgan fingerprint density at radius 2 is 2.17 bits per heavy atom. The number of likely N-dealkylation sites (tertiary alicyclic amines) is 1. The van der Waals surface area contributed by atoms with E-state index in [1.165, 1.54) is 11.8 Å². The summed E-state index contributed by atoms with van der Waals surface area (Å²) in [5.41, 5.74) is 0.224. The lowest BCUT2D eigenvalue weighted by atomic mass is 9.90. The summed E-state index contributed by atoms with van der Waals surface area (Å²) in [7, 11) is 0. The van der Waals surface area contributed by atoms with E-state index < -0.39 is 11.4 Å². The minimum absolute atomic E-state index is 0.0771. The van der Waals surface area contributed by atoms with Crippen molar-refractivity contribution in [3.63, 3.8) is 0 Å². The number of carbonyl (C=O) groups excluding carboxylic acids is 2. The molecule has 1 saturated heterocycles. The zero-order valence-corrected chi connectivity index (χ0v) is 13.8. The van der Waals surface area contributed by atoms with Crippen molar-refractivity contribution in [3.05, 3.63) is 23.8 Å². The van der Waals surface area contributed by atoms with Crippen molar-refractivity contribution in [3.8, 4) is 0 Å². The molecule has 1 aromatic rings. The number of thioether (sulfide) groups is 1. The van der Waals surface area contributed by atoms with Crippen LogP contribution < -0.4 is 5.32 Å². The molecule has 0 radical (unpaired) electrons. The van der Waals surface area contributed by atoms with Gasteiger partial charge in [-0.2, -0.15) is 0 Å². The maximum atomic E-state index is 12.6. The van der Waals surface area contributed by atoms with Gasteiger partial charge in [-0.05, 0) is 38.5 Å². The van der Waals surface area contributed by atoms with Gasteiger partial charge in [-0.1, -0.05) is 0 Å². The summed E-state index contributed by atoms with van der Waals surface area (Å²) in [6, 6.07) is 5.23. The molecular weight excluding hydrogens is 316 g/mol. The zero-order valence-electron chi connectivity index (χ0n) is 13.0. The molecule has 0 aromatic heterocycles. The lowest BCUT2D eigenvalue weighted by molar-refractivity contribution is -0.147. The van der Waals surface area contributed by atoms with E-state index in [9.17, 15) is 19.5 Å². The van der Waals surface area contributed by atoms with Gasteiger partial charge in [0.2, 0.25) is 5.91 Å². The van der Waals surface area contributed by atoms with Gasteiger partial charge >= 0.3 is 5.97 Å². The number of carboxylic acids is 1. The quantitative estimate of drug-likeness (QED) is 0.864. The van der Waals surface area contributed by atoms with Crippen molar-refractivity contribution < 1.29 is 19.5 Å². The van der Waals surface area contributed by atoms with E-state index in [-0.39, 0.29) is 23.6 Å². The van der Waals surface area contributed by atoms with E-state index in [4.69, 9.17) is 0 Å². The van der Waals surface area contributed by atoms with Gasteiger partial charge in [0.05, 0.1) is 16.4 Å². The molecule has 1 fully saturated rings. The third-order valence-corrected chi connectivity index (χ3v) is 5.61. The number of amides is 2. The second-order valence-electron chi connectivity index (χ2n) is 6.30. The number of carboxylic acid groups (broad SMARTS) is 1. The summed E-state index contributed by atoms with van der Waals surface area (Å²) < 4.78 is 0. The fourth-order valence-corrected chi connectivity index (χ4v) is 3.76. The minimum atomic E-state index is -0.886. The van der Waals surface area contributed by atoms with Crippen LogP contribution in [0.3, 0.4) is 0 Å². The Morgan fingerprint density at radius 3 is 2.83 bits per heavy atom. The maximum absolute atomic E-state index is 12.6. The van der Waals surface area contributed by atoms with Gasteiger partial charge in [0.25, 0.3) is 5.91 Å². The summed E-state index contributed by atoms with van der Waals surface area (Å²) in [6.45, 7) is 4.12. The topological polar surface area (TPSA) is 86.7 Å². The fourth-order valence-electron chi connectivity index (χ4n) is 2.83. The number of rotatable bonds is 2.